The highest BCUT2D eigenvalue weighted by molar-refractivity contribution is 5.96. The lowest BCUT2D eigenvalue weighted by atomic mass is 10.1. The highest BCUT2D eigenvalue weighted by atomic mass is 16.4. The van der Waals surface area contributed by atoms with E-state index in [4.69, 9.17) is 5.11 Å². The fraction of sp³-hybridized carbons (Fsp3) is 0.462. The van der Waals surface area contributed by atoms with Crippen LogP contribution in [0.25, 0.3) is 0 Å². The highest BCUT2D eigenvalue weighted by Crippen LogP contribution is 2.11. The van der Waals surface area contributed by atoms with Crippen LogP contribution in [0.2, 0.25) is 0 Å². The number of carboxylic acids is 1. The predicted molar refractivity (Wildman–Crippen MR) is 67.7 cm³/mol. The summed E-state index contributed by atoms with van der Waals surface area (Å²) in [7, 11) is 0. The minimum absolute atomic E-state index is 0.110. The molecule has 0 aliphatic carbocycles. The predicted octanol–water partition coefficient (Wildman–Crippen LogP) is 2.04. The number of hydrogen-bond acceptors (Lipinski definition) is 3. The molecule has 1 amide bonds. The van der Waals surface area contributed by atoms with Gasteiger partial charge in [-0.2, -0.15) is 0 Å². The summed E-state index contributed by atoms with van der Waals surface area (Å²) in [6.07, 6.45) is 2.21. The van der Waals surface area contributed by atoms with Crippen molar-refractivity contribution in [2.75, 3.05) is 6.54 Å². The molecule has 1 N–H and O–H groups in total. The number of aromatic carboxylic acids is 1. The Labute approximate surface area is 106 Å². The summed E-state index contributed by atoms with van der Waals surface area (Å²) in [4.78, 5) is 28.5. The Morgan fingerprint density at radius 2 is 2.11 bits per heavy atom. The Hall–Kier alpha value is -1.91. The van der Waals surface area contributed by atoms with Crippen LogP contribution < -0.4 is 0 Å². The number of hydrogen-bond donors (Lipinski definition) is 1. The van der Waals surface area contributed by atoms with E-state index in [-0.39, 0.29) is 17.6 Å². The molecule has 0 saturated heterocycles. The molecule has 18 heavy (non-hydrogen) atoms. The third-order valence-corrected chi connectivity index (χ3v) is 2.95. The van der Waals surface area contributed by atoms with Gasteiger partial charge in [0, 0.05) is 24.3 Å². The topological polar surface area (TPSA) is 70.5 Å². The van der Waals surface area contributed by atoms with E-state index >= 15 is 0 Å². The Morgan fingerprint density at radius 3 is 2.61 bits per heavy atom. The summed E-state index contributed by atoms with van der Waals surface area (Å²) < 4.78 is 0. The summed E-state index contributed by atoms with van der Waals surface area (Å²) in [6, 6.07) is 2.99. The Bertz CT molecular complexity index is 446. The van der Waals surface area contributed by atoms with Gasteiger partial charge in [0.1, 0.15) is 5.69 Å². The van der Waals surface area contributed by atoms with Crippen molar-refractivity contribution in [2.24, 2.45) is 0 Å². The first kappa shape index (κ1) is 14.2. The van der Waals surface area contributed by atoms with E-state index in [1.165, 1.54) is 12.3 Å². The summed E-state index contributed by atoms with van der Waals surface area (Å²) in [5, 5.41) is 8.85. The van der Waals surface area contributed by atoms with Crippen LogP contribution in [0.5, 0.6) is 0 Å². The van der Waals surface area contributed by atoms with Gasteiger partial charge >= 0.3 is 5.97 Å². The van der Waals surface area contributed by atoms with Crippen LogP contribution in [0, 0.1) is 0 Å². The number of aromatic nitrogens is 1. The first-order valence-corrected chi connectivity index (χ1v) is 6.01. The molecule has 0 spiro atoms. The van der Waals surface area contributed by atoms with Gasteiger partial charge in [-0.25, -0.2) is 9.78 Å². The van der Waals surface area contributed by atoms with Gasteiger partial charge in [-0.3, -0.25) is 4.79 Å². The van der Waals surface area contributed by atoms with Gasteiger partial charge in [0.25, 0.3) is 5.91 Å². The molecule has 1 aromatic heterocycles. The van der Waals surface area contributed by atoms with Crippen molar-refractivity contribution in [1.29, 1.82) is 0 Å². The number of carbonyl (C=O) groups excluding carboxylic acids is 1. The molecule has 1 aromatic rings. The van der Waals surface area contributed by atoms with Crippen molar-refractivity contribution in [3.05, 3.63) is 29.6 Å². The SMILES string of the molecule is CCC(C)N(CC)C(=O)c1ccnc(C(=O)O)c1. The third kappa shape index (κ3) is 3.06. The van der Waals surface area contributed by atoms with Crippen LogP contribution in [0.15, 0.2) is 18.3 Å². The quantitative estimate of drug-likeness (QED) is 0.868. The number of rotatable bonds is 5. The number of carbonyl (C=O) groups is 2. The van der Waals surface area contributed by atoms with Gasteiger partial charge in [0.05, 0.1) is 0 Å². The minimum atomic E-state index is -1.13. The zero-order valence-corrected chi connectivity index (χ0v) is 10.9. The first-order valence-electron chi connectivity index (χ1n) is 6.01. The van der Waals surface area contributed by atoms with Gasteiger partial charge in [0.15, 0.2) is 0 Å². The maximum absolute atomic E-state index is 12.3. The van der Waals surface area contributed by atoms with Crippen molar-refractivity contribution in [1.82, 2.24) is 9.88 Å². The highest BCUT2D eigenvalue weighted by Gasteiger charge is 2.19. The second-order valence-corrected chi connectivity index (χ2v) is 4.08. The zero-order valence-electron chi connectivity index (χ0n) is 10.9. The second-order valence-electron chi connectivity index (χ2n) is 4.08. The molecular weight excluding hydrogens is 232 g/mol. The lowest BCUT2D eigenvalue weighted by molar-refractivity contribution is 0.0690. The molecule has 0 bridgehead atoms. The lowest BCUT2D eigenvalue weighted by Gasteiger charge is -2.27. The van der Waals surface area contributed by atoms with Crippen molar-refractivity contribution in [3.63, 3.8) is 0 Å². The van der Waals surface area contributed by atoms with E-state index in [1.807, 2.05) is 20.8 Å². The fourth-order valence-electron chi connectivity index (χ4n) is 1.72. The van der Waals surface area contributed by atoms with Crippen molar-refractivity contribution in [3.8, 4) is 0 Å². The summed E-state index contributed by atoms with van der Waals surface area (Å²) in [6.45, 7) is 6.48. The number of carboxylic acid groups (broad SMARTS) is 1. The van der Waals surface area contributed by atoms with Crippen LogP contribution in [0.3, 0.4) is 0 Å². The number of nitrogens with zero attached hydrogens (tertiary/aromatic N) is 2. The second kappa shape index (κ2) is 6.14. The van der Waals surface area contributed by atoms with E-state index in [0.717, 1.165) is 6.42 Å². The summed E-state index contributed by atoms with van der Waals surface area (Å²) >= 11 is 0. The smallest absolute Gasteiger partial charge is 0.354 e. The summed E-state index contributed by atoms with van der Waals surface area (Å²) in [5.41, 5.74) is 0.255. The molecular formula is C13H18N2O3. The molecule has 1 rings (SSSR count). The lowest BCUT2D eigenvalue weighted by Crippen LogP contribution is -2.38. The Kier molecular flexibility index (Phi) is 4.83. The van der Waals surface area contributed by atoms with Crippen molar-refractivity contribution in [2.45, 2.75) is 33.2 Å². The molecule has 0 aliphatic heterocycles. The molecule has 0 saturated carbocycles. The Morgan fingerprint density at radius 1 is 1.44 bits per heavy atom. The van der Waals surface area contributed by atoms with Crippen LogP contribution >= 0.6 is 0 Å². The molecule has 0 aliphatic rings. The van der Waals surface area contributed by atoms with Crippen LogP contribution in [0.1, 0.15) is 48.0 Å². The first-order chi connectivity index (χ1) is 8.51. The molecule has 1 atom stereocenters. The van der Waals surface area contributed by atoms with Gasteiger partial charge in [-0.15, -0.1) is 0 Å². The molecule has 0 fully saturated rings. The number of amides is 1. The normalized spacial score (nSPS) is 11.9. The average molecular weight is 250 g/mol. The van der Waals surface area contributed by atoms with Crippen molar-refractivity contribution < 1.29 is 14.7 Å². The van der Waals surface area contributed by atoms with E-state index < -0.39 is 5.97 Å². The zero-order chi connectivity index (χ0) is 13.7. The maximum Gasteiger partial charge on any atom is 0.354 e. The Balaban J connectivity index is 3.02. The number of pyridine rings is 1. The standard InChI is InChI=1S/C13H18N2O3/c1-4-9(3)15(5-2)12(16)10-6-7-14-11(8-10)13(17)18/h6-9H,4-5H2,1-3H3,(H,17,18). The monoisotopic (exact) mass is 250 g/mol. The third-order valence-electron chi connectivity index (χ3n) is 2.95. The van der Waals surface area contributed by atoms with E-state index in [1.54, 1.807) is 11.0 Å². The van der Waals surface area contributed by atoms with Gasteiger partial charge in [-0.1, -0.05) is 6.92 Å². The molecule has 1 heterocycles. The largest absolute Gasteiger partial charge is 0.477 e. The van der Waals surface area contributed by atoms with E-state index in [0.29, 0.717) is 12.1 Å². The van der Waals surface area contributed by atoms with E-state index in [2.05, 4.69) is 4.98 Å². The molecule has 1 unspecified atom stereocenters. The summed E-state index contributed by atoms with van der Waals surface area (Å²) in [5.74, 6) is -1.28. The van der Waals surface area contributed by atoms with Crippen LogP contribution in [0.4, 0.5) is 0 Å². The maximum atomic E-state index is 12.3. The fourth-order valence-corrected chi connectivity index (χ4v) is 1.72. The van der Waals surface area contributed by atoms with Gasteiger partial charge < -0.3 is 10.0 Å². The molecule has 0 radical (unpaired) electrons. The van der Waals surface area contributed by atoms with Crippen LogP contribution in [-0.4, -0.2) is 39.5 Å². The van der Waals surface area contributed by atoms with Gasteiger partial charge in [0.2, 0.25) is 0 Å². The molecule has 5 heteroatoms. The minimum Gasteiger partial charge on any atom is -0.477 e. The molecule has 0 aromatic carbocycles. The van der Waals surface area contributed by atoms with Crippen LogP contribution in [-0.2, 0) is 0 Å². The average Bonchev–Trinajstić information content (AvgIpc) is 2.39. The van der Waals surface area contributed by atoms with E-state index in [9.17, 15) is 9.59 Å². The van der Waals surface area contributed by atoms with Crippen molar-refractivity contribution >= 4 is 11.9 Å². The molecule has 98 valence electrons. The molecule has 5 nitrogen and oxygen atoms in total. The van der Waals surface area contributed by atoms with Gasteiger partial charge in [-0.05, 0) is 32.4 Å².